The normalized spacial score (nSPS) is 11.0. The number of aryl methyl sites for hydroxylation is 2. The summed E-state index contributed by atoms with van der Waals surface area (Å²) in [5.74, 6) is -0.220. The lowest BCUT2D eigenvalue weighted by Gasteiger charge is -2.13. The van der Waals surface area contributed by atoms with E-state index >= 15 is 0 Å². The molecule has 0 atom stereocenters. The molecule has 0 fully saturated rings. The maximum atomic E-state index is 12.4. The molecule has 0 aliphatic rings. The Kier molecular flexibility index (Phi) is 7.35. The molecule has 0 aliphatic carbocycles. The first-order valence-corrected chi connectivity index (χ1v) is 10.4. The predicted molar refractivity (Wildman–Crippen MR) is 112 cm³/mol. The van der Waals surface area contributed by atoms with Gasteiger partial charge in [-0.3, -0.25) is 9.59 Å². The van der Waals surface area contributed by atoms with Crippen LogP contribution in [0.4, 0.5) is 11.4 Å². The first-order valence-electron chi connectivity index (χ1n) is 8.95. The Hall–Kier alpha value is -2.91. The van der Waals surface area contributed by atoms with Crippen molar-refractivity contribution in [2.24, 2.45) is 0 Å². The van der Waals surface area contributed by atoms with Crippen LogP contribution in [0.15, 0.2) is 41.3 Å². The predicted octanol–water partition coefficient (Wildman–Crippen LogP) is 2.58. The minimum absolute atomic E-state index is 0.0607. The first kappa shape index (κ1) is 22.4. The number of benzene rings is 2. The summed E-state index contributed by atoms with van der Waals surface area (Å²) in [5.41, 5.74) is 2.75. The van der Waals surface area contributed by atoms with E-state index in [2.05, 4.69) is 15.4 Å². The van der Waals surface area contributed by atoms with Gasteiger partial charge in [0.05, 0.1) is 17.7 Å². The zero-order chi connectivity index (χ0) is 21.6. The van der Waals surface area contributed by atoms with Crippen LogP contribution in [0.3, 0.4) is 0 Å². The number of carbonyl (C=O) groups is 2. The Balaban J connectivity index is 1.99. The van der Waals surface area contributed by atoms with Crippen molar-refractivity contribution in [2.75, 3.05) is 24.3 Å². The van der Waals surface area contributed by atoms with Gasteiger partial charge in [0.25, 0.3) is 0 Å². The van der Waals surface area contributed by atoms with Crippen molar-refractivity contribution in [1.82, 2.24) is 4.72 Å². The van der Waals surface area contributed by atoms with Crippen LogP contribution in [0, 0.1) is 13.8 Å². The van der Waals surface area contributed by atoms with Crippen LogP contribution in [0.25, 0.3) is 0 Å². The quantitative estimate of drug-likeness (QED) is 0.609. The molecule has 3 N–H and O–H groups in total. The highest BCUT2D eigenvalue weighted by atomic mass is 32.2. The third-order valence-electron chi connectivity index (χ3n) is 4.23. The van der Waals surface area contributed by atoms with Crippen LogP contribution in [-0.2, 0) is 19.6 Å². The number of amides is 2. The highest BCUT2D eigenvalue weighted by molar-refractivity contribution is 7.89. The Bertz CT molecular complexity index is 1020. The summed E-state index contributed by atoms with van der Waals surface area (Å²) in [5, 5.41) is 5.29. The van der Waals surface area contributed by atoms with Gasteiger partial charge in [-0.25, -0.2) is 13.1 Å². The van der Waals surface area contributed by atoms with E-state index in [0.29, 0.717) is 17.1 Å². The van der Waals surface area contributed by atoms with Crippen molar-refractivity contribution >= 4 is 33.2 Å². The molecule has 29 heavy (non-hydrogen) atoms. The van der Waals surface area contributed by atoms with E-state index in [1.807, 2.05) is 13.8 Å². The maximum absolute atomic E-state index is 12.4. The maximum Gasteiger partial charge on any atom is 0.240 e. The number of methoxy groups -OCH3 is 1. The molecule has 2 aromatic rings. The van der Waals surface area contributed by atoms with E-state index in [1.54, 1.807) is 30.3 Å². The fraction of sp³-hybridized carbons (Fsp3) is 0.300. The third-order valence-corrected chi connectivity index (χ3v) is 5.69. The fourth-order valence-electron chi connectivity index (χ4n) is 2.56. The second-order valence-corrected chi connectivity index (χ2v) is 8.31. The number of hydrogen-bond acceptors (Lipinski definition) is 5. The number of rotatable bonds is 8. The Labute approximate surface area is 170 Å². The highest BCUT2D eigenvalue weighted by Gasteiger charge is 2.15. The number of carbonyl (C=O) groups excluding carboxylic acids is 2. The number of nitrogens with one attached hydrogen (secondary N) is 3. The summed E-state index contributed by atoms with van der Waals surface area (Å²) >= 11 is 0. The minimum Gasteiger partial charge on any atom is -0.495 e. The minimum atomic E-state index is -3.70. The molecule has 2 amide bonds. The van der Waals surface area contributed by atoms with Crippen LogP contribution >= 0.6 is 0 Å². The van der Waals surface area contributed by atoms with Gasteiger partial charge >= 0.3 is 0 Å². The van der Waals surface area contributed by atoms with Crippen molar-refractivity contribution in [3.8, 4) is 5.75 Å². The van der Waals surface area contributed by atoms with Gasteiger partial charge in [-0.05, 0) is 55.3 Å². The van der Waals surface area contributed by atoms with Crippen LogP contribution in [-0.4, -0.2) is 33.9 Å². The summed E-state index contributed by atoms with van der Waals surface area (Å²) in [7, 11) is -2.24. The second-order valence-electron chi connectivity index (χ2n) is 6.54. The van der Waals surface area contributed by atoms with E-state index in [-0.39, 0.29) is 23.8 Å². The lowest BCUT2D eigenvalue weighted by atomic mass is 10.1. The lowest BCUT2D eigenvalue weighted by molar-refractivity contribution is -0.116. The Morgan fingerprint density at radius 1 is 1.00 bits per heavy atom. The summed E-state index contributed by atoms with van der Waals surface area (Å²) in [6.07, 6.45) is -0.0718. The second kappa shape index (κ2) is 9.53. The highest BCUT2D eigenvalue weighted by Crippen LogP contribution is 2.28. The standard InChI is InChI=1S/C20H25N3O5S/c1-13-5-7-17(11-14(13)2)29(26,27)21-10-9-20(25)23-18-12-16(22-15(3)24)6-8-19(18)28-4/h5-8,11-12,21H,9-10H2,1-4H3,(H,22,24)(H,23,25). The third kappa shape index (κ3) is 6.30. The number of ether oxygens (including phenoxy) is 1. The number of hydrogen-bond donors (Lipinski definition) is 3. The van der Waals surface area contributed by atoms with Gasteiger partial charge in [-0.15, -0.1) is 0 Å². The molecule has 9 heteroatoms. The van der Waals surface area contributed by atoms with Crippen molar-refractivity contribution < 1.29 is 22.7 Å². The van der Waals surface area contributed by atoms with Gasteiger partial charge in [-0.2, -0.15) is 0 Å². The molecule has 2 aromatic carbocycles. The monoisotopic (exact) mass is 419 g/mol. The molecule has 0 unspecified atom stereocenters. The van der Waals surface area contributed by atoms with Crippen molar-refractivity contribution in [3.63, 3.8) is 0 Å². The molecule has 0 aromatic heterocycles. The number of anilines is 2. The first-order chi connectivity index (χ1) is 13.6. The van der Waals surface area contributed by atoms with E-state index in [4.69, 9.17) is 4.74 Å². The Morgan fingerprint density at radius 2 is 1.72 bits per heavy atom. The van der Waals surface area contributed by atoms with Crippen LogP contribution in [0.2, 0.25) is 0 Å². The summed E-state index contributed by atoms with van der Waals surface area (Å²) in [6, 6.07) is 9.69. The van der Waals surface area contributed by atoms with Gasteiger partial charge in [0.1, 0.15) is 5.75 Å². The SMILES string of the molecule is COc1ccc(NC(C)=O)cc1NC(=O)CCNS(=O)(=O)c1ccc(C)c(C)c1. The fourth-order valence-corrected chi connectivity index (χ4v) is 3.68. The summed E-state index contributed by atoms with van der Waals surface area (Å²) in [4.78, 5) is 23.6. The lowest BCUT2D eigenvalue weighted by Crippen LogP contribution is -2.28. The molecule has 156 valence electrons. The van der Waals surface area contributed by atoms with Gasteiger partial charge < -0.3 is 15.4 Å². The smallest absolute Gasteiger partial charge is 0.240 e. The number of sulfonamides is 1. The molecule has 8 nitrogen and oxygen atoms in total. The molecule has 0 aliphatic heterocycles. The molecule has 0 spiro atoms. The van der Waals surface area contributed by atoms with Gasteiger partial charge in [0.2, 0.25) is 21.8 Å². The van der Waals surface area contributed by atoms with E-state index in [1.165, 1.54) is 20.1 Å². The topological polar surface area (TPSA) is 114 Å². The molecule has 0 bridgehead atoms. The molecule has 0 heterocycles. The van der Waals surface area contributed by atoms with Crippen molar-refractivity contribution in [2.45, 2.75) is 32.1 Å². The summed E-state index contributed by atoms with van der Waals surface area (Å²) in [6.45, 7) is 5.06. The molecule has 0 saturated carbocycles. The van der Waals surface area contributed by atoms with Crippen LogP contribution in [0.5, 0.6) is 5.75 Å². The average molecular weight is 420 g/mol. The van der Waals surface area contributed by atoms with Gasteiger partial charge in [0, 0.05) is 25.6 Å². The zero-order valence-electron chi connectivity index (χ0n) is 16.8. The van der Waals surface area contributed by atoms with Crippen LogP contribution in [0.1, 0.15) is 24.5 Å². The average Bonchev–Trinajstić information content (AvgIpc) is 2.63. The Morgan fingerprint density at radius 3 is 2.34 bits per heavy atom. The molecule has 2 rings (SSSR count). The van der Waals surface area contributed by atoms with Gasteiger partial charge in [-0.1, -0.05) is 6.07 Å². The molecule has 0 saturated heterocycles. The zero-order valence-corrected chi connectivity index (χ0v) is 17.6. The molecular formula is C20H25N3O5S. The van der Waals surface area contributed by atoms with Gasteiger partial charge in [0.15, 0.2) is 0 Å². The van der Waals surface area contributed by atoms with Crippen molar-refractivity contribution in [3.05, 3.63) is 47.5 Å². The molecule has 0 radical (unpaired) electrons. The largest absolute Gasteiger partial charge is 0.495 e. The van der Waals surface area contributed by atoms with Crippen molar-refractivity contribution in [1.29, 1.82) is 0 Å². The van der Waals surface area contributed by atoms with E-state index in [0.717, 1.165) is 11.1 Å². The van der Waals surface area contributed by atoms with E-state index in [9.17, 15) is 18.0 Å². The van der Waals surface area contributed by atoms with E-state index < -0.39 is 15.9 Å². The van der Waals surface area contributed by atoms with Crippen LogP contribution < -0.4 is 20.1 Å². The molecular weight excluding hydrogens is 394 g/mol. The summed E-state index contributed by atoms with van der Waals surface area (Å²) < 4.78 is 32.4.